The van der Waals surface area contributed by atoms with E-state index >= 15 is 0 Å². The SMILES string of the molecule is COC(=O)c1c(C)[nH]c(C(=O)N[C@@]2(C)CCS(=O)(=O)C2)c1C. The molecule has 0 bridgehead atoms. The zero-order valence-corrected chi connectivity index (χ0v) is 13.9. The van der Waals surface area contributed by atoms with Crippen LogP contribution < -0.4 is 5.32 Å². The number of carbonyl (C=O) groups excluding carboxylic acids is 2. The highest BCUT2D eigenvalue weighted by molar-refractivity contribution is 7.91. The van der Waals surface area contributed by atoms with Crippen LogP contribution in [0.25, 0.3) is 0 Å². The average molecular weight is 328 g/mol. The molecule has 1 aliphatic rings. The molecule has 0 unspecified atom stereocenters. The van der Waals surface area contributed by atoms with Crippen LogP contribution in [0.2, 0.25) is 0 Å². The van der Waals surface area contributed by atoms with Crippen molar-refractivity contribution >= 4 is 21.7 Å². The summed E-state index contributed by atoms with van der Waals surface area (Å²) in [6.45, 7) is 5.04. The molecule has 1 aliphatic heterocycles. The van der Waals surface area contributed by atoms with E-state index in [9.17, 15) is 18.0 Å². The molecule has 0 aliphatic carbocycles. The highest BCUT2D eigenvalue weighted by Crippen LogP contribution is 2.25. The molecule has 1 fully saturated rings. The van der Waals surface area contributed by atoms with Crippen LogP contribution in [0.4, 0.5) is 0 Å². The Labute approximate surface area is 129 Å². The number of aryl methyl sites for hydroxylation is 1. The number of H-pyrrole nitrogens is 1. The highest BCUT2D eigenvalue weighted by Gasteiger charge is 2.40. The van der Waals surface area contributed by atoms with Crippen molar-refractivity contribution in [3.05, 3.63) is 22.5 Å². The molecular formula is C14H20N2O5S. The second-order valence-electron chi connectivity index (χ2n) is 5.97. The van der Waals surface area contributed by atoms with Gasteiger partial charge in [-0.15, -0.1) is 0 Å². The fourth-order valence-electron chi connectivity index (χ4n) is 2.83. The Bertz CT molecular complexity index is 735. The van der Waals surface area contributed by atoms with Crippen molar-refractivity contribution in [2.24, 2.45) is 0 Å². The first kappa shape index (κ1) is 16.5. The third kappa shape index (κ3) is 3.01. The molecule has 0 radical (unpaired) electrons. The van der Waals surface area contributed by atoms with Crippen molar-refractivity contribution < 1.29 is 22.7 Å². The van der Waals surface area contributed by atoms with Crippen molar-refractivity contribution in [3.63, 3.8) is 0 Å². The van der Waals surface area contributed by atoms with E-state index < -0.39 is 27.3 Å². The van der Waals surface area contributed by atoms with Crippen LogP contribution in [0.1, 0.15) is 45.4 Å². The number of esters is 1. The predicted molar refractivity (Wildman–Crippen MR) is 80.7 cm³/mol. The summed E-state index contributed by atoms with van der Waals surface area (Å²) in [7, 11) is -1.84. The molecule has 1 amide bonds. The van der Waals surface area contributed by atoms with Gasteiger partial charge in [0, 0.05) is 5.69 Å². The largest absolute Gasteiger partial charge is 0.465 e. The molecule has 0 saturated carbocycles. The van der Waals surface area contributed by atoms with Crippen molar-refractivity contribution in [1.82, 2.24) is 10.3 Å². The van der Waals surface area contributed by atoms with E-state index in [1.54, 1.807) is 20.8 Å². The van der Waals surface area contributed by atoms with Crippen LogP contribution >= 0.6 is 0 Å². The quantitative estimate of drug-likeness (QED) is 0.796. The van der Waals surface area contributed by atoms with Gasteiger partial charge in [-0.3, -0.25) is 4.79 Å². The molecule has 8 heteroatoms. The fourth-order valence-corrected chi connectivity index (χ4v) is 4.92. The lowest BCUT2D eigenvalue weighted by atomic mass is 10.0. The number of sulfone groups is 1. The van der Waals surface area contributed by atoms with Crippen LogP contribution in [0.3, 0.4) is 0 Å². The van der Waals surface area contributed by atoms with Gasteiger partial charge in [0.25, 0.3) is 5.91 Å². The van der Waals surface area contributed by atoms with E-state index in [-0.39, 0.29) is 17.2 Å². The molecule has 7 nitrogen and oxygen atoms in total. The van der Waals surface area contributed by atoms with Gasteiger partial charge in [0.05, 0.1) is 29.7 Å². The van der Waals surface area contributed by atoms with Gasteiger partial charge in [0.2, 0.25) is 0 Å². The number of hydrogen-bond donors (Lipinski definition) is 2. The lowest BCUT2D eigenvalue weighted by Crippen LogP contribution is -2.47. The van der Waals surface area contributed by atoms with E-state index in [1.165, 1.54) is 7.11 Å². The zero-order chi connectivity index (χ0) is 16.7. The van der Waals surface area contributed by atoms with Gasteiger partial charge in [0.15, 0.2) is 9.84 Å². The Morgan fingerprint density at radius 3 is 2.45 bits per heavy atom. The first-order valence-electron chi connectivity index (χ1n) is 6.89. The number of ether oxygens (including phenoxy) is 1. The van der Waals surface area contributed by atoms with Crippen LogP contribution in [-0.2, 0) is 14.6 Å². The Hall–Kier alpha value is -1.83. The summed E-state index contributed by atoms with van der Waals surface area (Å²) < 4.78 is 27.9. The van der Waals surface area contributed by atoms with E-state index in [0.29, 0.717) is 23.2 Å². The minimum atomic E-state index is -3.11. The Kier molecular flexibility index (Phi) is 4.08. The van der Waals surface area contributed by atoms with Gasteiger partial charge >= 0.3 is 5.97 Å². The minimum absolute atomic E-state index is 0.0694. The first-order chi connectivity index (χ1) is 10.1. The molecule has 1 aromatic heterocycles. The van der Waals surface area contributed by atoms with Crippen molar-refractivity contribution in [2.75, 3.05) is 18.6 Å². The van der Waals surface area contributed by atoms with E-state index in [4.69, 9.17) is 4.74 Å². The number of aromatic nitrogens is 1. The molecule has 0 spiro atoms. The standard InChI is InChI=1S/C14H20N2O5S/c1-8-10(13(18)21-4)9(2)15-11(8)12(17)16-14(3)5-6-22(19,20)7-14/h15H,5-7H2,1-4H3,(H,16,17)/t14-/m0/s1. The Morgan fingerprint density at radius 2 is 1.95 bits per heavy atom. The number of carbonyl (C=O) groups is 2. The summed E-state index contributed by atoms with van der Waals surface area (Å²) in [5, 5.41) is 2.76. The fraction of sp³-hybridized carbons (Fsp3) is 0.571. The minimum Gasteiger partial charge on any atom is -0.465 e. The normalized spacial score (nSPS) is 23.3. The van der Waals surface area contributed by atoms with Crippen molar-refractivity contribution in [3.8, 4) is 0 Å². The van der Waals surface area contributed by atoms with Gasteiger partial charge in [-0.1, -0.05) is 0 Å². The average Bonchev–Trinajstić information content (AvgIpc) is 2.85. The second-order valence-corrected chi connectivity index (χ2v) is 8.16. The number of aromatic amines is 1. The Morgan fingerprint density at radius 1 is 1.32 bits per heavy atom. The molecule has 1 aromatic rings. The number of methoxy groups -OCH3 is 1. The lowest BCUT2D eigenvalue weighted by Gasteiger charge is -2.23. The van der Waals surface area contributed by atoms with E-state index in [2.05, 4.69) is 10.3 Å². The molecule has 2 heterocycles. The molecule has 0 aromatic carbocycles. The summed E-state index contributed by atoms with van der Waals surface area (Å²) in [5.74, 6) is -0.941. The summed E-state index contributed by atoms with van der Waals surface area (Å²) in [4.78, 5) is 27.0. The predicted octanol–water partition coefficient (Wildman–Crippen LogP) is 0.725. The zero-order valence-electron chi connectivity index (χ0n) is 13.1. The number of rotatable bonds is 3. The topological polar surface area (TPSA) is 105 Å². The van der Waals surface area contributed by atoms with Gasteiger partial charge in [-0.05, 0) is 32.8 Å². The van der Waals surface area contributed by atoms with E-state index in [1.807, 2.05) is 0 Å². The van der Waals surface area contributed by atoms with Gasteiger partial charge < -0.3 is 15.0 Å². The van der Waals surface area contributed by atoms with E-state index in [0.717, 1.165) is 0 Å². The number of amides is 1. The number of nitrogens with one attached hydrogen (secondary N) is 2. The molecule has 22 heavy (non-hydrogen) atoms. The molecule has 2 rings (SSSR count). The van der Waals surface area contributed by atoms with Crippen molar-refractivity contribution in [2.45, 2.75) is 32.7 Å². The molecule has 1 atom stereocenters. The van der Waals surface area contributed by atoms with Gasteiger partial charge in [-0.2, -0.15) is 0 Å². The third-order valence-corrected chi connectivity index (χ3v) is 5.88. The van der Waals surface area contributed by atoms with Crippen LogP contribution in [0.5, 0.6) is 0 Å². The monoisotopic (exact) mass is 328 g/mol. The van der Waals surface area contributed by atoms with Crippen LogP contribution in [0, 0.1) is 13.8 Å². The van der Waals surface area contributed by atoms with Crippen LogP contribution in [-0.4, -0.2) is 49.4 Å². The van der Waals surface area contributed by atoms with Crippen molar-refractivity contribution in [1.29, 1.82) is 0 Å². The first-order valence-corrected chi connectivity index (χ1v) is 8.71. The Balaban J connectivity index is 2.26. The maximum Gasteiger partial charge on any atom is 0.339 e. The highest BCUT2D eigenvalue weighted by atomic mass is 32.2. The maximum atomic E-state index is 12.4. The smallest absolute Gasteiger partial charge is 0.339 e. The summed E-state index contributed by atoms with van der Waals surface area (Å²) in [6.07, 6.45) is 0.379. The molecule has 122 valence electrons. The van der Waals surface area contributed by atoms with Crippen LogP contribution in [0.15, 0.2) is 0 Å². The molecular weight excluding hydrogens is 308 g/mol. The molecule has 2 N–H and O–H groups in total. The van der Waals surface area contributed by atoms with Gasteiger partial charge in [0.1, 0.15) is 5.69 Å². The second kappa shape index (κ2) is 5.42. The summed E-state index contributed by atoms with van der Waals surface area (Å²) in [6, 6.07) is 0. The molecule has 1 saturated heterocycles. The lowest BCUT2D eigenvalue weighted by molar-refractivity contribution is 0.0599. The maximum absolute atomic E-state index is 12.4. The number of hydrogen-bond acceptors (Lipinski definition) is 5. The summed E-state index contributed by atoms with van der Waals surface area (Å²) >= 11 is 0. The van der Waals surface area contributed by atoms with Gasteiger partial charge in [-0.25, -0.2) is 13.2 Å². The third-order valence-electron chi connectivity index (χ3n) is 3.97. The summed E-state index contributed by atoms with van der Waals surface area (Å²) in [5.41, 5.74) is 0.831.